The second-order valence-corrected chi connectivity index (χ2v) is 8.50. The Hall–Kier alpha value is -0.340. The molecule has 1 aromatic carbocycles. The lowest BCUT2D eigenvalue weighted by Crippen LogP contribution is -2.47. The van der Waals surface area contributed by atoms with Crippen molar-refractivity contribution >= 4 is 53.2 Å². The van der Waals surface area contributed by atoms with E-state index in [4.69, 9.17) is 27.0 Å². The predicted molar refractivity (Wildman–Crippen MR) is 83.5 cm³/mol. The van der Waals surface area contributed by atoms with Crippen LogP contribution in [0, 0.1) is 0 Å². The second kappa shape index (κ2) is 6.42. The summed E-state index contributed by atoms with van der Waals surface area (Å²) in [6, 6.07) is 2.41. The maximum atomic E-state index is 12.2. The van der Waals surface area contributed by atoms with Crippen molar-refractivity contribution in [2.75, 3.05) is 7.11 Å². The van der Waals surface area contributed by atoms with Gasteiger partial charge in [0.15, 0.2) is 0 Å². The smallest absolute Gasteiger partial charge is 0.261 e. The third kappa shape index (κ3) is 3.90. The first kappa shape index (κ1) is 17.0. The number of carbonyl (C=O) groups is 1. The lowest BCUT2D eigenvalue weighted by Gasteiger charge is -2.34. The average molecular weight is 417 g/mol. The van der Waals surface area contributed by atoms with Crippen molar-refractivity contribution in [3.05, 3.63) is 27.2 Å². The highest BCUT2D eigenvalue weighted by Crippen LogP contribution is 2.32. The fraction of sp³-hybridized carbons (Fsp3) is 0.417. The Morgan fingerprint density at radius 1 is 1.43 bits per heavy atom. The number of nitrogens with one attached hydrogen (secondary N) is 1. The van der Waals surface area contributed by atoms with Gasteiger partial charge in [0.1, 0.15) is 0 Å². The van der Waals surface area contributed by atoms with Gasteiger partial charge in [0.2, 0.25) is 0 Å². The third-order valence-electron chi connectivity index (χ3n) is 3.29. The van der Waals surface area contributed by atoms with Crippen LogP contribution in [0.2, 0.25) is 5.02 Å². The van der Waals surface area contributed by atoms with Gasteiger partial charge >= 0.3 is 0 Å². The van der Waals surface area contributed by atoms with Gasteiger partial charge in [-0.05, 0) is 40.9 Å². The standard InChI is InChI=1S/C12H12BrCl2NO4S/c1-20-7-2-6(3-7)16-12(17)9-4-8(21(15,18)19)5-10(13)11(9)14/h4-7H,2-3H2,1H3,(H,16,17). The number of halogens is 3. The van der Waals surface area contributed by atoms with Crippen LogP contribution in [0.5, 0.6) is 0 Å². The second-order valence-electron chi connectivity index (χ2n) is 4.70. The maximum absolute atomic E-state index is 12.2. The van der Waals surface area contributed by atoms with Crippen molar-refractivity contribution in [1.29, 1.82) is 0 Å². The van der Waals surface area contributed by atoms with Crippen LogP contribution in [-0.4, -0.2) is 33.6 Å². The molecule has 0 bridgehead atoms. The number of hydrogen-bond donors (Lipinski definition) is 1. The highest BCUT2D eigenvalue weighted by Gasteiger charge is 2.31. The van der Waals surface area contributed by atoms with E-state index in [1.807, 2.05) is 0 Å². The van der Waals surface area contributed by atoms with Crippen LogP contribution in [-0.2, 0) is 13.8 Å². The molecule has 5 nitrogen and oxygen atoms in total. The number of benzene rings is 1. The average Bonchev–Trinajstić information content (AvgIpc) is 2.34. The normalized spacial score (nSPS) is 21.7. The molecule has 0 spiro atoms. The highest BCUT2D eigenvalue weighted by atomic mass is 79.9. The minimum atomic E-state index is -3.95. The Morgan fingerprint density at radius 2 is 2.05 bits per heavy atom. The Morgan fingerprint density at radius 3 is 2.57 bits per heavy atom. The molecule has 1 saturated carbocycles. The molecular weight excluding hydrogens is 405 g/mol. The van der Waals surface area contributed by atoms with Crippen LogP contribution in [0.15, 0.2) is 21.5 Å². The van der Waals surface area contributed by atoms with Gasteiger partial charge in [0, 0.05) is 28.3 Å². The third-order valence-corrected chi connectivity index (χ3v) is 5.89. The van der Waals surface area contributed by atoms with Gasteiger partial charge in [-0.1, -0.05) is 11.6 Å². The number of rotatable bonds is 4. The Balaban J connectivity index is 2.22. The van der Waals surface area contributed by atoms with Crippen LogP contribution in [0.3, 0.4) is 0 Å². The van der Waals surface area contributed by atoms with Crippen LogP contribution < -0.4 is 5.32 Å². The summed E-state index contributed by atoms with van der Waals surface area (Å²) in [7, 11) is 2.97. The summed E-state index contributed by atoms with van der Waals surface area (Å²) < 4.78 is 28.2. The van der Waals surface area contributed by atoms with Crippen molar-refractivity contribution in [2.45, 2.75) is 29.9 Å². The Kier molecular flexibility index (Phi) is 5.20. The number of amides is 1. The van der Waals surface area contributed by atoms with E-state index in [0.29, 0.717) is 17.3 Å². The van der Waals surface area contributed by atoms with E-state index in [0.717, 1.165) is 6.07 Å². The topological polar surface area (TPSA) is 72.5 Å². The Bertz CT molecular complexity index is 674. The van der Waals surface area contributed by atoms with E-state index in [9.17, 15) is 13.2 Å². The molecule has 9 heteroatoms. The van der Waals surface area contributed by atoms with Crippen molar-refractivity contribution in [3.63, 3.8) is 0 Å². The minimum Gasteiger partial charge on any atom is -0.381 e. The molecule has 1 N–H and O–H groups in total. The largest absolute Gasteiger partial charge is 0.381 e. The van der Waals surface area contributed by atoms with Gasteiger partial charge in [-0.25, -0.2) is 8.42 Å². The predicted octanol–water partition coefficient (Wildman–Crippen LogP) is 2.94. The summed E-state index contributed by atoms with van der Waals surface area (Å²) in [5, 5.41) is 2.92. The molecule has 2 rings (SSSR count). The maximum Gasteiger partial charge on any atom is 0.261 e. The van der Waals surface area contributed by atoms with Gasteiger partial charge in [0.05, 0.1) is 21.6 Å². The Labute approximate surface area is 140 Å². The molecule has 0 unspecified atom stereocenters. The molecule has 0 aliphatic heterocycles. The summed E-state index contributed by atoms with van der Waals surface area (Å²) in [4.78, 5) is 12.0. The van der Waals surface area contributed by atoms with Gasteiger partial charge < -0.3 is 10.1 Å². The molecule has 1 aliphatic rings. The van der Waals surface area contributed by atoms with Crippen LogP contribution in [0.1, 0.15) is 23.2 Å². The van der Waals surface area contributed by atoms with Gasteiger partial charge in [-0.3, -0.25) is 4.79 Å². The summed E-state index contributed by atoms with van der Waals surface area (Å²) in [6.45, 7) is 0. The molecule has 21 heavy (non-hydrogen) atoms. The van der Waals surface area contributed by atoms with Crippen molar-refractivity contribution in [1.82, 2.24) is 5.32 Å². The number of carbonyl (C=O) groups excluding carboxylic acids is 1. The van der Waals surface area contributed by atoms with E-state index in [1.165, 1.54) is 6.07 Å². The van der Waals surface area contributed by atoms with Crippen molar-refractivity contribution < 1.29 is 17.9 Å². The summed E-state index contributed by atoms with van der Waals surface area (Å²) in [5.74, 6) is -0.442. The molecule has 1 fully saturated rings. The van der Waals surface area contributed by atoms with E-state index in [2.05, 4.69) is 21.2 Å². The SMILES string of the molecule is COC1CC(NC(=O)c2cc(S(=O)(=O)Cl)cc(Br)c2Cl)C1. The van der Waals surface area contributed by atoms with E-state index in [1.54, 1.807) is 7.11 Å². The number of ether oxygens (including phenoxy) is 1. The molecule has 0 aromatic heterocycles. The molecular formula is C12H12BrCl2NO4S. The molecule has 0 saturated heterocycles. The first-order valence-electron chi connectivity index (χ1n) is 5.99. The van der Waals surface area contributed by atoms with Crippen molar-refractivity contribution in [3.8, 4) is 0 Å². The molecule has 1 amide bonds. The monoisotopic (exact) mass is 415 g/mol. The van der Waals surface area contributed by atoms with Crippen LogP contribution in [0.4, 0.5) is 0 Å². The number of hydrogen-bond acceptors (Lipinski definition) is 4. The zero-order chi connectivity index (χ0) is 15.8. The molecule has 1 aliphatic carbocycles. The lowest BCUT2D eigenvalue weighted by atomic mass is 9.89. The van der Waals surface area contributed by atoms with E-state index < -0.39 is 15.0 Å². The molecule has 0 atom stereocenters. The fourth-order valence-electron chi connectivity index (χ4n) is 2.01. The number of methoxy groups -OCH3 is 1. The fourth-order valence-corrected chi connectivity index (χ4v) is 3.60. The van der Waals surface area contributed by atoms with E-state index >= 15 is 0 Å². The summed E-state index contributed by atoms with van der Waals surface area (Å²) >= 11 is 9.16. The zero-order valence-corrected chi connectivity index (χ0v) is 14.8. The molecule has 1 aromatic rings. The summed E-state index contributed by atoms with van der Waals surface area (Å²) in [6.07, 6.45) is 1.58. The van der Waals surface area contributed by atoms with Crippen LogP contribution in [0.25, 0.3) is 0 Å². The van der Waals surface area contributed by atoms with Gasteiger partial charge in [0.25, 0.3) is 15.0 Å². The first-order valence-corrected chi connectivity index (χ1v) is 9.47. The first-order chi connectivity index (χ1) is 9.72. The highest BCUT2D eigenvalue weighted by molar-refractivity contribution is 9.10. The molecule has 116 valence electrons. The summed E-state index contributed by atoms with van der Waals surface area (Å²) in [5.41, 5.74) is 0.0612. The van der Waals surface area contributed by atoms with Crippen molar-refractivity contribution in [2.24, 2.45) is 0 Å². The van der Waals surface area contributed by atoms with Crippen LogP contribution >= 0.6 is 38.2 Å². The molecule has 0 radical (unpaired) electrons. The zero-order valence-electron chi connectivity index (χ0n) is 10.9. The van der Waals surface area contributed by atoms with Gasteiger partial charge in [-0.15, -0.1) is 0 Å². The van der Waals surface area contributed by atoms with E-state index in [-0.39, 0.29) is 27.6 Å². The molecule has 0 heterocycles. The quantitative estimate of drug-likeness (QED) is 0.765. The minimum absolute atomic E-state index is 0.00597. The van der Waals surface area contributed by atoms with Gasteiger partial charge in [-0.2, -0.15) is 0 Å². The lowest BCUT2D eigenvalue weighted by molar-refractivity contribution is 0.0176.